The number of phenols is 1. The van der Waals surface area contributed by atoms with E-state index in [0.29, 0.717) is 41.1 Å². The molecule has 0 bridgehead atoms. The van der Waals surface area contributed by atoms with Crippen LogP contribution in [0.4, 0.5) is 0 Å². The summed E-state index contributed by atoms with van der Waals surface area (Å²) in [7, 11) is 0. The summed E-state index contributed by atoms with van der Waals surface area (Å²) in [5, 5.41) is 9.88. The Bertz CT molecular complexity index is 792. The second-order valence-electron chi connectivity index (χ2n) is 11.1. The van der Waals surface area contributed by atoms with Crippen LogP contribution in [0.3, 0.4) is 0 Å². The minimum atomic E-state index is 0.181. The summed E-state index contributed by atoms with van der Waals surface area (Å²) < 4.78 is 0. The number of ketones is 1. The minimum absolute atomic E-state index is 0.181. The van der Waals surface area contributed by atoms with Crippen molar-refractivity contribution in [1.82, 2.24) is 0 Å². The molecule has 0 spiro atoms. The molecule has 0 saturated heterocycles. The smallest absolute Gasteiger partial charge is 0.136 e. The Morgan fingerprint density at radius 2 is 1.94 bits per heavy atom. The molecule has 172 valence electrons. The third kappa shape index (κ3) is 5.10. The molecule has 0 amide bonds. The highest BCUT2D eigenvalue weighted by atomic mass is 16.3. The number of carbonyl (C=O) groups excluding carboxylic acids is 1. The van der Waals surface area contributed by atoms with Gasteiger partial charge in [0, 0.05) is 12.3 Å². The highest BCUT2D eigenvalue weighted by molar-refractivity contribution is 5.82. The van der Waals surface area contributed by atoms with E-state index < -0.39 is 0 Å². The lowest BCUT2D eigenvalue weighted by molar-refractivity contribution is -0.132. The van der Waals surface area contributed by atoms with Crippen molar-refractivity contribution in [2.75, 3.05) is 0 Å². The molecule has 2 fully saturated rings. The van der Waals surface area contributed by atoms with Gasteiger partial charge in [-0.3, -0.25) is 4.79 Å². The highest BCUT2D eigenvalue weighted by Crippen LogP contribution is 2.59. The van der Waals surface area contributed by atoms with Crippen LogP contribution in [-0.4, -0.2) is 10.9 Å². The Morgan fingerprint density at radius 3 is 2.61 bits per heavy atom. The number of hydrogen-bond acceptors (Lipinski definition) is 2. The largest absolute Gasteiger partial charge is 0.508 e. The number of benzene rings is 1. The summed E-state index contributed by atoms with van der Waals surface area (Å²) in [6.45, 7) is 13.9. The molecule has 2 aliphatic carbocycles. The lowest BCUT2D eigenvalue weighted by Gasteiger charge is -2.46. The Balaban J connectivity index is 1.72. The molecule has 2 aliphatic rings. The van der Waals surface area contributed by atoms with Gasteiger partial charge in [0.15, 0.2) is 0 Å². The fraction of sp³-hybridized carbons (Fsp3) is 0.690. The number of aryl methyl sites for hydroxylation is 2. The number of aromatic hydroxyl groups is 1. The molecule has 1 aromatic rings. The molecular formula is C29H44O2. The number of rotatable bonds is 8. The molecule has 3 rings (SSSR count). The van der Waals surface area contributed by atoms with Gasteiger partial charge in [-0.2, -0.15) is 0 Å². The summed E-state index contributed by atoms with van der Waals surface area (Å²) in [4.78, 5) is 13.0. The van der Waals surface area contributed by atoms with E-state index in [1.54, 1.807) is 6.07 Å². The maximum absolute atomic E-state index is 13.0. The zero-order valence-electron chi connectivity index (χ0n) is 20.7. The average Bonchev–Trinajstić information content (AvgIpc) is 3.07. The van der Waals surface area contributed by atoms with Crippen molar-refractivity contribution in [3.63, 3.8) is 0 Å². The Labute approximate surface area is 190 Å². The Kier molecular flexibility index (Phi) is 7.71. The normalized spacial score (nSPS) is 30.7. The van der Waals surface area contributed by atoms with Gasteiger partial charge < -0.3 is 5.11 Å². The topological polar surface area (TPSA) is 37.3 Å². The molecule has 0 heterocycles. The SMILES string of the molecule is CC[C@@H](/C=C/[C@@H](C)[C@H]1CC[C@H]2[C@H](CCc3cc(O)ccc3C)C(=O)CC[C@]12C)C(C)C. The summed E-state index contributed by atoms with van der Waals surface area (Å²) >= 11 is 0. The third-order valence-corrected chi connectivity index (χ3v) is 8.97. The number of carbonyl (C=O) groups is 1. The standard InChI is InChI=1S/C29H44O2/c1-7-22(19(2)3)10-8-21(5)26-14-15-27-25(28(31)16-17-29(26,27)6)13-11-23-18-24(30)12-9-20(23)4/h8-10,12,18-19,21-22,25-27,30H,7,11,13-17H2,1-6H3/b10-8+/t21-,22+,25+,26-,27+,29-/m1/s1. The zero-order valence-corrected chi connectivity index (χ0v) is 20.7. The lowest BCUT2D eigenvalue weighted by Crippen LogP contribution is -2.43. The molecule has 1 N–H and O–H groups in total. The fourth-order valence-corrected chi connectivity index (χ4v) is 6.87. The Hall–Kier alpha value is -1.57. The second-order valence-corrected chi connectivity index (χ2v) is 11.1. The first-order valence-corrected chi connectivity index (χ1v) is 12.7. The summed E-state index contributed by atoms with van der Waals surface area (Å²) in [5.41, 5.74) is 2.67. The first-order chi connectivity index (χ1) is 14.7. The van der Waals surface area contributed by atoms with E-state index in [1.165, 1.54) is 30.4 Å². The number of hydrogen-bond donors (Lipinski definition) is 1. The maximum atomic E-state index is 13.0. The van der Waals surface area contributed by atoms with Crippen LogP contribution in [0.1, 0.15) is 84.3 Å². The number of fused-ring (bicyclic) bond motifs is 1. The van der Waals surface area contributed by atoms with Crippen LogP contribution in [0, 0.1) is 47.8 Å². The molecule has 2 heteroatoms. The van der Waals surface area contributed by atoms with Crippen LogP contribution >= 0.6 is 0 Å². The van der Waals surface area contributed by atoms with Gasteiger partial charge in [0.25, 0.3) is 0 Å². The van der Waals surface area contributed by atoms with E-state index in [9.17, 15) is 9.90 Å². The van der Waals surface area contributed by atoms with Gasteiger partial charge in [-0.15, -0.1) is 0 Å². The lowest BCUT2D eigenvalue weighted by atomic mass is 9.58. The van der Waals surface area contributed by atoms with Gasteiger partial charge in [0.05, 0.1) is 0 Å². The van der Waals surface area contributed by atoms with E-state index >= 15 is 0 Å². The van der Waals surface area contributed by atoms with Crippen LogP contribution in [0.15, 0.2) is 30.4 Å². The van der Waals surface area contributed by atoms with Crippen LogP contribution < -0.4 is 0 Å². The van der Waals surface area contributed by atoms with Crippen molar-refractivity contribution in [2.45, 2.75) is 86.5 Å². The van der Waals surface area contributed by atoms with Gasteiger partial charge in [0.2, 0.25) is 0 Å². The average molecular weight is 425 g/mol. The van der Waals surface area contributed by atoms with Crippen LogP contribution in [0.2, 0.25) is 0 Å². The minimum Gasteiger partial charge on any atom is -0.508 e. The third-order valence-electron chi connectivity index (χ3n) is 8.97. The van der Waals surface area contributed by atoms with Crippen molar-refractivity contribution >= 4 is 5.78 Å². The molecule has 2 saturated carbocycles. The molecule has 1 aromatic carbocycles. The van der Waals surface area contributed by atoms with Gasteiger partial charge in [-0.25, -0.2) is 0 Å². The quantitative estimate of drug-likeness (QED) is 0.438. The first-order valence-electron chi connectivity index (χ1n) is 12.7. The monoisotopic (exact) mass is 424 g/mol. The molecular weight excluding hydrogens is 380 g/mol. The van der Waals surface area contributed by atoms with Gasteiger partial charge in [-0.05, 0) is 104 Å². The molecule has 0 radical (unpaired) electrons. The zero-order chi connectivity index (χ0) is 22.8. The predicted molar refractivity (Wildman–Crippen MR) is 130 cm³/mol. The summed E-state index contributed by atoms with van der Waals surface area (Å²) in [5.74, 6) is 4.11. The van der Waals surface area contributed by atoms with Crippen molar-refractivity contribution < 1.29 is 9.90 Å². The molecule has 31 heavy (non-hydrogen) atoms. The van der Waals surface area contributed by atoms with E-state index in [-0.39, 0.29) is 11.3 Å². The second kappa shape index (κ2) is 9.92. The van der Waals surface area contributed by atoms with Gasteiger partial charge in [-0.1, -0.05) is 52.8 Å². The van der Waals surface area contributed by atoms with Crippen molar-refractivity contribution in [3.05, 3.63) is 41.5 Å². The van der Waals surface area contributed by atoms with Gasteiger partial charge >= 0.3 is 0 Å². The van der Waals surface area contributed by atoms with Crippen LogP contribution in [0.25, 0.3) is 0 Å². The molecule has 2 nitrogen and oxygen atoms in total. The van der Waals surface area contributed by atoms with Crippen LogP contribution in [0.5, 0.6) is 5.75 Å². The van der Waals surface area contributed by atoms with E-state index in [4.69, 9.17) is 0 Å². The predicted octanol–water partition coefficient (Wildman–Crippen LogP) is 7.52. The fourth-order valence-electron chi connectivity index (χ4n) is 6.87. The number of allylic oxidation sites excluding steroid dienone is 2. The maximum Gasteiger partial charge on any atom is 0.136 e. The molecule has 0 aliphatic heterocycles. The van der Waals surface area contributed by atoms with E-state index in [0.717, 1.165) is 25.7 Å². The van der Waals surface area contributed by atoms with Gasteiger partial charge in [0.1, 0.15) is 11.5 Å². The van der Waals surface area contributed by atoms with Crippen LogP contribution in [-0.2, 0) is 11.2 Å². The first kappa shape index (κ1) is 24.1. The van der Waals surface area contributed by atoms with Crippen molar-refractivity contribution in [2.24, 2.45) is 40.9 Å². The molecule has 0 aromatic heterocycles. The molecule has 0 unspecified atom stereocenters. The summed E-state index contributed by atoms with van der Waals surface area (Å²) in [6.07, 6.45) is 12.2. The Morgan fingerprint density at radius 1 is 1.19 bits per heavy atom. The highest BCUT2D eigenvalue weighted by Gasteiger charge is 2.54. The van der Waals surface area contributed by atoms with Crippen molar-refractivity contribution in [3.8, 4) is 5.75 Å². The summed E-state index contributed by atoms with van der Waals surface area (Å²) in [6, 6.07) is 5.61. The molecule has 6 atom stereocenters. The number of Topliss-reactive ketones (excluding diaryl/α,β-unsaturated/α-hetero) is 1. The number of phenolic OH excluding ortho intramolecular Hbond substituents is 1. The van der Waals surface area contributed by atoms with E-state index in [1.807, 2.05) is 12.1 Å². The van der Waals surface area contributed by atoms with Crippen molar-refractivity contribution in [1.29, 1.82) is 0 Å². The van der Waals surface area contributed by atoms with E-state index in [2.05, 4.69) is 53.7 Å².